The van der Waals surface area contributed by atoms with E-state index in [2.05, 4.69) is 26.3 Å². The minimum atomic E-state index is -0.123. The minimum absolute atomic E-state index is 0.123. The van der Waals surface area contributed by atoms with Crippen molar-refractivity contribution in [2.75, 3.05) is 6.54 Å². The highest BCUT2D eigenvalue weighted by molar-refractivity contribution is 9.10. The maximum absolute atomic E-state index is 12.1. The molecule has 3 rings (SSSR count). The highest BCUT2D eigenvalue weighted by Gasteiger charge is 2.15. The molecule has 0 aromatic carbocycles. The standard InChI is InChI=1S/C13H13BrN4O2/c1-17-9-8-12(14)20-11(9)7-10(17)13(19)15-4-6-18-5-2-3-16-18/h2-3,5,7-8H,4,6H2,1H3,(H,15,19). The monoisotopic (exact) mass is 336 g/mol. The SMILES string of the molecule is Cn1c(C(=O)NCCn2cccn2)cc2oc(Br)cc21. The van der Waals surface area contributed by atoms with Crippen LogP contribution in [0, 0.1) is 0 Å². The summed E-state index contributed by atoms with van der Waals surface area (Å²) >= 11 is 3.27. The van der Waals surface area contributed by atoms with Crippen molar-refractivity contribution >= 4 is 32.9 Å². The first-order valence-corrected chi connectivity index (χ1v) is 6.95. The number of rotatable bonds is 4. The van der Waals surface area contributed by atoms with Gasteiger partial charge in [-0.3, -0.25) is 9.48 Å². The molecule has 0 radical (unpaired) electrons. The molecule has 0 fully saturated rings. The van der Waals surface area contributed by atoms with Crippen LogP contribution >= 0.6 is 15.9 Å². The zero-order valence-corrected chi connectivity index (χ0v) is 12.4. The van der Waals surface area contributed by atoms with Crippen molar-refractivity contribution in [3.8, 4) is 0 Å². The Hall–Kier alpha value is -2.02. The summed E-state index contributed by atoms with van der Waals surface area (Å²) < 4.78 is 9.69. The van der Waals surface area contributed by atoms with Crippen molar-refractivity contribution in [1.82, 2.24) is 19.7 Å². The number of nitrogens with one attached hydrogen (secondary N) is 1. The van der Waals surface area contributed by atoms with Gasteiger partial charge in [0.05, 0.1) is 12.1 Å². The van der Waals surface area contributed by atoms with Gasteiger partial charge in [0.25, 0.3) is 5.91 Å². The quantitative estimate of drug-likeness (QED) is 0.793. The van der Waals surface area contributed by atoms with Gasteiger partial charge >= 0.3 is 0 Å². The van der Waals surface area contributed by atoms with Gasteiger partial charge in [0.1, 0.15) is 5.69 Å². The number of fused-ring (bicyclic) bond motifs is 1. The molecule has 0 unspecified atom stereocenters. The van der Waals surface area contributed by atoms with Gasteiger partial charge in [-0.2, -0.15) is 5.10 Å². The zero-order chi connectivity index (χ0) is 14.1. The van der Waals surface area contributed by atoms with Crippen molar-refractivity contribution in [2.24, 2.45) is 7.05 Å². The van der Waals surface area contributed by atoms with Crippen LogP contribution < -0.4 is 5.32 Å². The van der Waals surface area contributed by atoms with Crippen LogP contribution in [-0.4, -0.2) is 26.8 Å². The van der Waals surface area contributed by atoms with E-state index >= 15 is 0 Å². The van der Waals surface area contributed by atoms with Crippen LogP contribution in [0.5, 0.6) is 0 Å². The zero-order valence-electron chi connectivity index (χ0n) is 10.8. The van der Waals surface area contributed by atoms with Gasteiger partial charge in [-0.05, 0) is 22.0 Å². The number of furan rings is 1. The summed E-state index contributed by atoms with van der Waals surface area (Å²) in [7, 11) is 1.84. The molecule has 20 heavy (non-hydrogen) atoms. The van der Waals surface area contributed by atoms with Gasteiger partial charge in [0.15, 0.2) is 10.3 Å². The molecule has 0 atom stereocenters. The number of aryl methyl sites for hydroxylation is 1. The first-order chi connectivity index (χ1) is 9.65. The summed E-state index contributed by atoms with van der Waals surface area (Å²) in [5.41, 5.74) is 2.15. The summed E-state index contributed by atoms with van der Waals surface area (Å²) in [5.74, 6) is -0.123. The number of carbonyl (C=O) groups is 1. The van der Waals surface area contributed by atoms with Gasteiger partial charge in [-0.25, -0.2) is 0 Å². The third kappa shape index (κ3) is 2.36. The van der Waals surface area contributed by atoms with Gasteiger partial charge in [-0.1, -0.05) is 0 Å². The topological polar surface area (TPSA) is 65.0 Å². The predicted octanol–water partition coefficient (Wildman–Crippen LogP) is 2.16. The molecule has 1 N–H and O–H groups in total. The molecule has 3 aromatic rings. The van der Waals surface area contributed by atoms with E-state index in [1.165, 1.54) is 0 Å². The molecule has 3 aromatic heterocycles. The van der Waals surface area contributed by atoms with Gasteiger partial charge in [0, 0.05) is 38.1 Å². The average molecular weight is 337 g/mol. The molecule has 0 saturated carbocycles. The van der Waals surface area contributed by atoms with E-state index in [-0.39, 0.29) is 5.91 Å². The number of hydrogen-bond acceptors (Lipinski definition) is 3. The number of hydrogen-bond donors (Lipinski definition) is 1. The Labute approximate surface area is 123 Å². The van der Waals surface area contributed by atoms with E-state index in [4.69, 9.17) is 4.42 Å². The fourth-order valence-corrected chi connectivity index (χ4v) is 2.50. The highest BCUT2D eigenvalue weighted by Crippen LogP contribution is 2.25. The Kier molecular flexibility index (Phi) is 3.35. The van der Waals surface area contributed by atoms with Crippen molar-refractivity contribution in [3.05, 3.63) is 41.0 Å². The molecule has 0 saturated heterocycles. The Morgan fingerprint density at radius 2 is 2.35 bits per heavy atom. The lowest BCUT2D eigenvalue weighted by Crippen LogP contribution is -2.28. The van der Waals surface area contributed by atoms with Gasteiger partial charge in [-0.15, -0.1) is 0 Å². The molecule has 6 nitrogen and oxygen atoms in total. The second-order valence-electron chi connectivity index (χ2n) is 4.41. The van der Waals surface area contributed by atoms with Crippen molar-refractivity contribution < 1.29 is 9.21 Å². The van der Waals surface area contributed by atoms with Crippen LogP contribution in [0.3, 0.4) is 0 Å². The van der Waals surface area contributed by atoms with Crippen LogP contribution in [0.2, 0.25) is 0 Å². The maximum atomic E-state index is 12.1. The van der Waals surface area contributed by atoms with E-state index in [1.54, 1.807) is 16.9 Å². The third-order valence-corrected chi connectivity index (χ3v) is 3.51. The molecular formula is C13H13BrN4O2. The molecular weight excluding hydrogens is 324 g/mol. The van der Waals surface area contributed by atoms with E-state index in [0.29, 0.717) is 29.0 Å². The lowest BCUT2D eigenvalue weighted by Gasteiger charge is -2.06. The molecule has 1 amide bonds. The first kappa shape index (κ1) is 13.0. The molecule has 104 valence electrons. The summed E-state index contributed by atoms with van der Waals surface area (Å²) in [4.78, 5) is 12.1. The Morgan fingerprint density at radius 3 is 3.05 bits per heavy atom. The maximum Gasteiger partial charge on any atom is 0.268 e. The molecule has 7 heteroatoms. The third-order valence-electron chi connectivity index (χ3n) is 3.12. The summed E-state index contributed by atoms with van der Waals surface area (Å²) in [6.07, 6.45) is 3.57. The predicted molar refractivity (Wildman–Crippen MR) is 77.4 cm³/mol. The van der Waals surface area contributed by atoms with Crippen molar-refractivity contribution in [2.45, 2.75) is 6.54 Å². The van der Waals surface area contributed by atoms with E-state index in [1.807, 2.05) is 29.9 Å². The van der Waals surface area contributed by atoms with Crippen molar-refractivity contribution in [1.29, 1.82) is 0 Å². The first-order valence-electron chi connectivity index (χ1n) is 6.15. The van der Waals surface area contributed by atoms with Crippen LogP contribution in [0.4, 0.5) is 0 Å². The van der Waals surface area contributed by atoms with E-state index in [9.17, 15) is 4.79 Å². The molecule has 0 aliphatic heterocycles. The number of carbonyl (C=O) groups excluding carboxylic acids is 1. The lowest BCUT2D eigenvalue weighted by molar-refractivity contribution is 0.0944. The van der Waals surface area contributed by atoms with E-state index < -0.39 is 0 Å². The van der Waals surface area contributed by atoms with E-state index in [0.717, 1.165) is 5.52 Å². The molecule has 0 aliphatic carbocycles. The second-order valence-corrected chi connectivity index (χ2v) is 5.20. The normalized spacial score (nSPS) is 11.1. The average Bonchev–Trinajstić information content (AvgIpc) is 3.09. The highest BCUT2D eigenvalue weighted by atomic mass is 79.9. The Morgan fingerprint density at radius 1 is 1.50 bits per heavy atom. The molecule has 0 aliphatic rings. The number of halogens is 1. The van der Waals surface area contributed by atoms with Crippen LogP contribution in [0.15, 0.2) is 39.7 Å². The molecule has 0 spiro atoms. The Bertz CT molecular complexity index is 742. The molecule has 3 heterocycles. The fraction of sp³-hybridized carbons (Fsp3) is 0.231. The summed E-state index contributed by atoms with van der Waals surface area (Å²) in [6.45, 7) is 1.17. The smallest absolute Gasteiger partial charge is 0.268 e. The lowest BCUT2D eigenvalue weighted by atomic mass is 10.4. The molecule has 0 bridgehead atoms. The number of aromatic nitrogens is 3. The van der Waals surface area contributed by atoms with Crippen LogP contribution in [-0.2, 0) is 13.6 Å². The summed E-state index contributed by atoms with van der Waals surface area (Å²) in [5, 5.41) is 6.95. The van der Waals surface area contributed by atoms with Gasteiger partial charge in [0.2, 0.25) is 0 Å². The van der Waals surface area contributed by atoms with Crippen molar-refractivity contribution in [3.63, 3.8) is 0 Å². The number of amides is 1. The van der Waals surface area contributed by atoms with Gasteiger partial charge < -0.3 is 14.3 Å². The largest absolute Gasteiger partial charge is 0.448 e. The minimum Gasteiger partial charge on any atom is -0.448 e. The number of nitrogens with zero attached hydrogens (tertiary/aromatic N) is 3. The fourth-order valence-electron chi connectivity index (χ4n) is 2.11. The Balaban J connectivity index is 1.69. The summed E-state index contributed by atoms with van der Waals surface area (Å²) in [6, 6.07) is 5.43. The van der Waals surface area contributed by atoms with Crippen LogP contribution in [0.25, 0.3) is 11.1 Å². The second kappa shape index (κ2) is 5.16. The van der Waals surface area contributed by atoms with Crippen LogP contribution in [0.1, 0.15) is 10.5 Å².